The number of nitrogens with zero attached hydrogens (tertiary/aromatic N) is 2. The zero-order chi connectivity index (χ0) is 12.3. The molecule has 0 amide bonds. The highest BCUT2D eigenvalue weighted by atomic mass is 16.3. The van der Waals surface area contributed by atoms with Crippen molar-refractivity contribution in [2.75, 3.05) is 38.1 Å². The standard InChI is InChI=1S/C14H22N2O/c1-12(17)11-13-5-3-4-6-14(13)16-9-7-15(2)8-10-16/h3-6,12,17H,7-11H2,1-2H3. The van der Waals surface area contributed by atoms with Crippen molar-refractivity contribution in [3.05, 3.63) is 29.8 Å². The summed E-state index contributed by atoms with van der Waals surface area (Å²) in [5.74, 6) is 0. The molecule has 0 radical (unpaired) electrons. The van der Waals surface area contributed by atoms with Crippen molar-refractivity contribution in [1.82, 2.24) is 4.90 Å². The van der Waals surface area contributed by atoms with Crippen LogP contribution < -0.4 is 4.90 Å². The normalized spacial score (nSPS) is 19.4. The van der Waals surface area contributed by atoms with Crippen LogP contribution in [0.15, 0.2) is 24.3 Å². The highest BCUT2D eigenvalue weighted by molar-refractivity contribution is 5.54. The van der Waals surface area contributed by atoms with Gasteiger partial charge in [0.2, 0.25) is 0 Å². The fourth-order valence-corrected chi connectivity index (χ4v) is 2.36. The van der Waals surface area contributed by atoms with E-state index in [-0.39, 0.29) is 6.10 Å². The molecule has 1 aromatic rings. The molecule has 0 saturated carbocycles. The van der Waals surface area contributed by atoms with Crippen LogP contribution in [-0.4, -0.2) is 49.3 Å². The van der Waals surface area contributed by atoms with Crippen molar-refractivity contribution in [3.8, 4) is 0 Å². The van der Waals surface area contributed by atoms with Gasteiger partial charge in [0.1, 0.15) is 0 Å². The van der Waals surface area contributed by atoms with Crippen molar-refractivity contribution < 1.29 is 5.11 Å². The molecule has 3 nitrogen and oxygen atoms in total. The molecule has 0 aromatic heterocycles. The Morgan fingerprint density at radius 3 is 2.47 bits per heavy atom. The lowest BCUT2D eigenvalue weighted by atomic mass is 10.1. The molecule has 1 saturated heterocycles. The molecule has 1 aromatic carbocycles. The first-order valence-corrected chi connectivity index (χ1v) is 6.36. The van der Waals surface area contributed by atoms with E-state index in [0.29, 0.717) is 0 Å². The summed E-state index contributed by atoms with van der Waals surface area (Å²) in [7, 11) is 2.17. The number of para-hydroxylation sites is 1. The van der Waals surface area contributed by atoms with Crippen LogP contribution in [0.2, 0.25) is 0 Å². The number of benzene rings is 1. The van der Waals surface area contributed by atoms with Crippen LogP contribution in [0.5, 0.6) is 0 Å². The quantitative estimate of drug-likeness (QED) is 0.855. The predicted octanol–water partition coefficient (Wildman–Crippen LogP) is 1.36. The van der Waals surface area contributed by atoms with E-state index in [2.05, 4.69) is 41.1 Å². The summed E-state index contributed by atoms with van der Waals surface area (Å²) >= 11 is 0. The molecule has 0 bridgehead atoms. The van der Waals surface area contributed by atoms with E-state index >= 15 is 0 Å². The van der Waals surface area contributed by atoms with Gasteiger partial charge in [0, 0.05) is 38.3 Å². The molecule has 0 aliphatic carbocycles. The van der Waals surface area contributed by atoms with Crippen molar-refractivity contribution in [1.29, 1.82) is 0 Å². The van der Waals surface area contributed by atoms with Gasteiger partial charge >= 0.3 is 0 Å². The molecule has 1 aliphatic heterocycles. The Kier molecular flexibility index (Phi) is 4.02. The van der Waals surface area contributed by atoms with Crippen molar-refractivity contribution in [2.45, 2.75) is 19.4 Å². The summed E-state index contributed by atoms with van der Waals surface area (Å²) in [5, 5.41) is 9.54. The van der Waals surface area contributed by atoms with Gasteiger partial charge in [-0.15, -0.1) is 0 Å². The van der Waals surface area contributed by atoms with E-state index in [9.17, 15) is 5.11 Å². The minimum absolute atomic E-state index is 0.274. The third-order valence-corrected chi connectivity index (χ3v) is 3.35. The van der Waals surface area contributed by atoms with E-state index in [1.165, 1.54) is 11.3 Å². The molecule has 1 fully saturated rings. The fraction of sp³-hybridized carbons (Fsp3) is 0.571. The molecule has 1 unspecified atom stereocenters. The third-order valence-electron chi connectivity index (χ3n) is 3.35. The second-order valence-corrected chi connectivity index (χ2v) is 4.97. The first kappa shape index (κ1) is 12.4. The number of aliphatic hydroxyl groups is 1. The number of hydrogen-bond acceptors (Lipinski definition) is 3. The third kappa shape index (κ3) is 3.20. The number of hydrogen-bond donors (Lipinski definition) is 1. The van der Waals surface area contributed by atoms with Crippen molar-refractivity contribution in [2.24, 2.45) is 0 Å². The summed E-state index contributed by atoms with van der Waals surface area (Å²) in [6.45, 7) is 6.23. The summed E-state index contributed by atoms with van der Waals surface area (Å²) < 4.78 is 0. The van der Waals surface area contributed by atoms with E-state index in [0.717, 1.165) is 32.6 Å². The van der Waals surface area contributed by atoms with E-state index in [1.807, 2.05) is 6.92 Å². The van der Waals surface area contributed by atoms with Crippen LogP contribution in [0.3, 0.4) is 0 Å². The molecule has 94 valence electrons. The lowest BCUT2D eigenvalue weighted by Crippen LogP contribution is -2.44. The van der Waals surface area contributed by atoms with Gasteiger partial charge < -0.3 is 14.9 Å². The van der Waals surface area contributed by atoms with Crippen LogP contribution in [0.4, 0.5) is 5.69 Å². The average Bonchev–Trinajstić information content (AvgIpc) is 2.30. The SMILES string of the molecule is CC(O)Cc1ccccc1N1CCN(C)CC1. The maximum atomic E-state index is 9.54. The number of rotatable bonds is 3. The molecule has 2 rings (SSSR count). The second kappa shape index (κ2) is 5.52. The Morgan fingerprint density at radius 1 is 1.18 bits per heavy atom. The van der Waals surface area contributed by atoms with Gasteiger partial charge in [-0.05, 0) is 25.6 Å². The molecular formula is C14H22N2O. The van der Waals surface area contributed by atoms with Gasteiger partial charge in [0.05, 0.1) is 6.10 Å². The smallest absolute Gasteiger partial charge is 0.0553 e. The van der Waals surface area contributed by atoms with Gasteiger partial charge in [0.15, 0.2) is 0 Å². The summed E-state index contributed by atoms with van der Waals surface area (Å²) in [4.78, 5) is 4.78. The molecule has 1 N–H and O–H groups in total. The lowest BCUT2D eigenvalue weighted by molar-refractivity contribution is 0.195. The summed E-state index contributed by atoms with van der Waals surface area (Å²) in [6.07, 6.45) is 0.464. The molecule has 0 spiro atoms. The Hall–Kier alpha value is -1.06. The van der Waals surface area contributed by atoms with Gasteiger partial charge in [0.25, 0.3) is 0 Å². The van der Waals surface area contributed by atoms with Crippen molar-refractivity contribution in [3.63, 3.8) is 0 Å². The molecule has 17 heavy (non-hydrogen) atoms. The second-order valence-electron chi connectivity index (χ2n) is 4.97. The van der Waals surface area contributed by atoms with Gasteiger partial charge in [-0.25, -0.2) is 0 Å². The molecule has 1 atom stereocenters. The molecule has 1 aliphatic rings. The number of anilines is 1. The van der Waals surface area contributed by atoms with Gasteiger partial charge in [-0.1, -0.05) is 18.2 Å². The van der Waals surface area contributed by atoms with Crippen LogP contribution >= 0.6 is 0 Å². The minimum atomic E-state index is -0.274. The zero-order valence-corrected chi connectivity index (χ0v) is 10.8. The highest BCUT2D eigenvalue weighted by Crippen LogP contribution is 2.22. The Morgan fingerprint density at radius 2 is 1.82 bits per heavy atom. The largest absolute Gasteiger partial charge is 0.393 e. The maximum Gasteiger partial charge on any atom is 0.0553 e. The number of likely N-dealkylation sites (N-methyl/N-ethyl adjacent to an activating group) is 1. The molecular weight excluding hydrogens is 212 g/mol. The Bertz CT molecular complexity index is 357. The van der Waals surface area contributed by atoms with Crippen LogP contribution in [0.25, 0.3) is 0 Å². The predicted molar refractivity (Wildman–Crippen MR) is 71.5 cm³/mol. The molecule has 1 heterocycles. The first-order chi connectivity index (χ1) is 8.16. The van der Waals surface area contributed by atoms with Crippen LogP contribution in [-0.2, 0) is 6.42 Å². The number of aliphatic hydroxyl groups excluding tert-OH is 1. The summed E-state index contributed by atoms with van der Waals surface area (Å²) in [5.41, 5.74) is 2.55. The van der Waals surface area contributed by atoms with Crippen molar-refractivity contribution >= 4 is 5.69 Å². The monoisotopic (exact) mass is 234 g/mol. The fourth-order valence-electron chi connectivity index (χ4n) is 2.36. The zero-order valence-electron chi connectivity index (χ0n) is 10.8. The summed E-state index contributed by atoms with van der Waals surface area (Å²) in [6, 6.07) is 8.43. The first-order valence-electron chi connectivity index (χ1n) is 6.36. The van der Waals surface area contributed by atoms with Gasteiger partial charge in [-0.2, -0.15) is 0 Å². The Balaban J connectivity index is 2.14. The minimum Gasteiger partial charge on any atom is -0.393 e. The Labute approximate surface area is 104 Å². The molecule has 3 heteroatoms. The van der Waals surface area contributed by atoms with Crippen LogP contribution in [0, 0.1) is 0 Å². The van der Waals surface area contributed by atoms with Crippen LogP contribution in [0.1, 0.15) is 12.5 Å². The van der Waals surface area contributed by atoms with Gasteiger partial charge in [-0.3, -0.25) is 0 Å². The van der Waals surface area contributed by atoms with E-state index in [1.54, 1.807) is 0 Å². The van der Waals surface area contributed by atoms with E-state index < -0.39 is 0 Å². The average molecular weight is 234 g/mol. The van der Waals surface area contributed by atoms with E-state index in [4.69, 9.17) is 0 Å². The topological polar surface area (TPSA) is 26.7 Å². The maximum absolute atomic E-state index is 9.54. The number of piperazine rings is 1. The highest BCUT2D eigenvalue weighted by Gasteiger charge is 2.16. The lowest BCUT2D eigenvalue weighted by Gasteiger charge is -2.35.